The molecule has 0 spiro atoms. The Morgan fingerprint density at radius 1 is 1.00 bits per heavy atom. The second-order valence-corrected chi connectivity index (χ2v) is 9.13. The molecule has 0 atom stereocenters. The fraction of sp³-hybridized carbons (Fsp3) is 0.440. The highest BCUT2D eigenvalue weighted by Gasteiger charge is 2.51. The van der Waals surface area contributed by atoms with E-state index in [9.17, 15) is 0 Å². The summed E-state index contributed by atoms with van der Waals surface area (Å²) in [7, 11) is -0.348. The molecule has 0 saturated carbocycles. The topological polar surface area (TPSA) is 27.7 Å². The fourth-order valence-electron chi connectivity index (χ4n) is 3.51. The van der Waals surface area contributed by atoms with Gasteiger partial charge >= 0.3 is 7.12 Å². The SMILES string of the molecule is C=CCc1cc(COc2ccc(B3OC(C)(C)C(C)(C)O3)cc2)ccc1C(C)C. The van der Waals surface area contributed by atoms with Crippen molar-refractivity contribution in [1.29, 1.82) is 0 Å². The Kier molecular flexibility index (Phi) is 6.26. The molecule has 3 nitrogen and oxygen atoms in total. The molecule has 0 bridgehead atoms. The van der Waals surface area contributed by atoms with Crippen LogP contribution in [0.4, 0.5) is 0 Å². The largest absolute Gasteiger partial charge is 0.494 e. The second kappa shape index (κ2) is 8.37. The molecule has 1 aliphatic heterocycles. The second-order valence-electron chi connectivity index (χ2n) is 9.13. The molecule has 0 unspecified atom stereocenters. The van der Waals surface area contributed by atoms with Crippen molar-refractivity contribution in [3.05, 3.63) is 71.8 Å². The van der Waals surface area contributed by atoms with Crippen molar-refractivity contribution >= 4 is 12.6 Å². The number of benzene rings is 2. The molecule has 1 heterocycles. The summed E-state index contributed by atoms with van der Waals surface area (Å²) in [6.45, 7) is 17.1. The van der Waals surface area contributed by atoms with Crippen molar-refractivity contribution in [3.63, 3.8) is 0 Å². The standard InChI is InChI=1S/C25H33BO3/c1-8-9-20-16-19(10-15-23(20)18(2)3)17-27-22-13-11-21(12-14-22)26-28-24(4,5)25(6,7)29-26/h8,10-16,18H,1,9,17H2,2-7H3. The van der Waals surface area contributed by atoms with Crippen molar-refractivity contribution in [2.24, 2.45) is 0 Å². The van der Waals surface area contributed by atoms with E-state index in [0.717, 1.165) is 17.6 Å². The minimum atomic E-state index is -0.348. The van der Waals surface area contributed by atoms with E-state index >= 15 is 0 Å². The molecule has 1 aliphatic rings. The number of allylic oxidation sites excluding steroid dienone is 1. The lowest BCUT2D eigenvalue weighted by atomic mass is 9.79. The minimum absolute atomic E-state index is 0.335. The average Bonchev–Trinajstić information content (AvgIpc) is 2.88. The third kappa shape index (κ3) is 4.76. The monoisotopic (exact) mass is 392 g/mol. The van der Waals surface area contributed by atoms with Crippen LogP contribution in [0.15, 0.2) is 55.1 Å². The Bertz CT molecular complexity index is 837. The van der Waals surface area contributed by atoms with Gasteiger partial charge in [-0.3, -0.25) is 0 Å². The molecule has 0 amide bonds. The zero-order valence-corrected chi connectivity index (χ0v) is 18.6. The van der Waals surface area contributed by atoms with Gasteiger partial charge in [0.05, 0.1) is 11.2 Å². The van der Waals surface area contributed by atoms with Gasteiger partial charge in [-0.1, -0.05) is 50.3 Å². The molecule has 1 fully saturated rings. The van der Waals surface area contributed by atoms with Crippen LogP contribution in [-0.2, 0) is 22.3 Å². The molecule has 0 radical (unpaired) electrons. The van der Waals surface area contributed by atoms with Gasteiger partial charge in [-0.05, 0) is 74.3 Å². The summed E-state index contributed by atoms with van der Waals surface area (Å²) in [5.41, 5.74) is 4.20. The Hall–Kier alpha value is -2.04. The van der Waals surface area contributed by atoms with Gasteiger partial charge in [0.25, 0.3) is 0 Å². The lowest BCUT2D eigenvalue weighted by Crippen LogP contribution is -2.41. The number of hydrogen-bond acceptors (Lipinski definition) is 3. The molecule has 2 aromatic rings. The summed E-state index contributed by atoms with van der Waals surface area (Å²) in [6, 6.07) is 14.6. The van der Waals surface area contributed by atoms with Crippen LogP contribution in [0.2, 0.25) is 0 Å². The highest BCUT2D eigenvalue weighted by Crippen LogP contribution is 2.36. The lowest BCUT2D eigenvalue weighted by molar-refractivity contribution is 0.00578. The van der Waals surface area contributed by atoms with E-state index in [1.165, 1.54) is 16.7 Å². The third-order valence-corrected chi connectivity index (χ3v) is 6.00. The van der Waals surface area contributed by atoms with Gasteiger partial charge in [-0.25, -0.2) is 0 Å². The van der Waals surface area contributed by atoms with E-state index < -0.39 is 0 Å². The molecule has 3 rings (SSSR count). The van der Waals surface area contributed by atoms with E-state index in [2.05, 4.69) is 66.3 Å². The van der Waals surface area contributed by atoms with Crippen molar-refractivity contribution in [3.8, 4) is 5.75 Å². The molecule has 0 aliphatic carbocycles. The van der Waals surface area contributed by atoms with E-state index in [0.29, 0.717) is 12.5 Å². The van der Waals surface area contributed by atoms with Gasteiger partial charge in [0, 0.05) is 0 Å². The van der Waals surface area contributed by atoms with Crippen LogP contribution in [0.1, 0.15) is 64.2 Å². The van der Waals surface area contributed by atoms with Gasteiger partial charge in [0.1, 0.15) is 12.4 Å². The summed E-state index contributed by atoms with van der Waals surface area (Å²) in [6.07, 6.45) is 2.84. The molecule has 29 heavy (non-hydrogen) atoms. The predicted octanol–water partition coefficient (Wildman–Crippen LogP) is 5.42. The quantitative estimate of drug-likeness (QED) is 0.465. The summed E-state index contributed by atoms with van der Waals surface area (Å²) < 4.78 is 18.2. The molecule has 1 saturated heterocycles. The van der Waals surface area contributed by atoms with Crippen LogP contribution in [0, 0.1) is 0 Å². The van der Waals surface area contributed by atoms with Gasteiger partial charge in [-0.15, -0.1) is 6.58 Å². The fourth-order valence-corrected chi connectivity index (χ4v) is 3.51. The maximum absolute atomic E-state index is 6.11. The van der Waals surface area contributed by atoms with Crippen molar-refractivity contribution in [2.75, 3.05) is 0 Å². The highest BCUT2D eigenvalue weighted by molar-refractivity contribution is 6.62. The first-order chi connectivity index (χ1) is 13.6. The third-order valence-electron chi connectivity index (χ3n) is 6.00. The summed E-state index contributed by atoms with van der Waals surface area (Å²) in [4.78, 5) is 0. The van der Waals surface area contributed by atoms with E-state index in [1.807, 2.05) is 30.3 Å². The van der Waals surface area contributed by atoms with Gasteiger partial charge in [0.15, 0.2) is 0 Å². The van der Waals surface area contributed by atoms with Crippen LogP contribution in [-0.4, -0.2) is 18.3 Å². The molecule has 0 aromatic heterocycles. The summed E-state index contributed by atoms with van der Waals surface area (Å²) in [5.74, 6) is 1.34. The maximum atomic E-state index is 6.11. The lowest BCUT2D eigenvalue weighted by Gasteiger charge is -2.32. The average molecular weight is 392 g/mol. The smallest absolute Gasteiger partial charge is 0.489 e. The zero-order valence-electron chi connectivity index (χ0n) is 18.6. The van der Waals surface area contributed by atoms with Crippen LogP contribution < -0.4 is 10.2 Å². The Balaban J connectivity index is 1.65. The summed E-state index contributed by atoms with van der Waals surface area (Å²) >= 11 is 0. The molecule has 4 heteroatoms. The molecule has 0 N–H and O–H groups in total. The minimum Gasteiger partial charge on any atom is -0.489 e. The zero-order chi connectivity index (χ0) is 21.2. The van der Waals surface area contributed by atoms with E-state index in [1.54, 1.807) is 0 Å². The molecular weight excluding hydrogens is 359 g/mol. The van der Waals surface area contributed by atoms with Crippen molar-refractivity contribution in [2.45, 2.75) is 71.7 Å². The van der Waals surface area contributed by atoms with Crippen LogP contribution >= 0.6 is 0 Å². The summed E-state index contributed by atoms with van der Waals surface area (Å²) in [5, 5.41) is 0. The molecule has 2 aromatic carbocycles. The van der Waals surface area contributed by atoms with Gasteiger partial charge in [-0.2, -0.15) is 0 Å². The maximum Gasteiger partial charge on any atom is 0.494 e. The van der Waals surface area contributed by atoms with Crippen LogP contribution in [0.25, 0.3) is 0 Å². The number of rotatable bonds is 7. The molecular formula is C25H33BO3. The van der Waals surface area contributed by atoms with Crippen molar-refractivity contribution in [1.82, 2.24) is 0 Å². The van der Waals surface area contributed by atoms with E-state index in [4.69, 9.17) is 14.0 Å². The van der Waals surface area contributed by atoms with Gasteiger partial charge < -0.3 is 14.0 Å². The van der Waals surface area contributed by atoms with Crippen molar-refractivity contribution < 1.29 is 14.0 Å². The van der Waals surface area contributed by atoms with Gasteiger partial charge in [0.2, 0.25) is 0 Å². The highest BCUT2D eigenvalue weighted by atomic mass is 16.7. The van der Waals surface area contributed by atoms with Crippen LogP contribution in [0.3, 0.4) is 0 Å². The molecule has 154 valence electrons. The number of ether oxygens (including phenoxy) is 1. The number of hydrogen-bond donors (Lipinski definition) is 0. The Morgan fingerprint density at radius 2 is 1.62 bits per heavy atom. The van der Waals surface area contributed by atoms with Crippen LogP contribution in [0.5, 0.6) is 5.75 Å². The first kappa shape index (κ1) is 21.7. The predicted molar refractivity (Wildman–Crippen MR) is 121 cm³/mol. The van der Waals surface area contributed by atoms with E-state index in [-0.39, 0.29) is 18.3 Å². The Morgan fingerprint density at radius 3 is 2.17 bits per heavy atom. The first-order valence-electron chi connectivity index (χ1n) is 10.4. The Labute approximate surface area is 176 Å². The normalized spacial score (nSPS) is 17.6. The first-order valence-corrected chi connectivity index (χ1v) is 10.4.